The van der Waals surface area contributed by atoms with Gasteiger partial charge in [-0.05, 0) is 43.9 Å². The molecule has 0 fully saturated rings. The molecule has 2 rings (SSSR count). The Kier molecular flexibility index (Phi) is 8.40. The molecule has 0 bridgehead atoms. The first-order chi connectivity index (χ1) is 12.2. The first kappa shape index (κ1) is 19.9. The van der Waals surface area contributed by atoms with Crippen LogP contribution >= 0.6 is 11.6 Å². The number of hydrogen-bond acceptors (Lipinski definition) is 2. The molecule has 25 heavy (non-hydrogen) atoms. The van der Waals surface area contributed by atoms with Gasteiger partial charge in [0, 0.05) is 16.7 Å². The van der Waals surface area contributed by atoms with Crippen molar-refractivity contribution in [3.8, 4) is 11.5 Å². The number of halogens is 1. The van der Waals surface area contributed by atoms with E-state index in [9.17, 15) is 0 Å². The lowest BCUT2D eigenvalue weighted by atomic mass is 10.0. The van der Waals surface area contributed by atoms with Gasteiger partial charge >= 0.3 is 0 Å². The maximum Gasteiger partial charge on any atom is 0.127 e. The van der Waals surface area contributed by atoms with Crippen LogP contribution in [0.25, 0.3) is 10.8 Å². The van der Waals surface area contributed by atoms with E-state index in [1.54, 1.807) is 0 Å². The Morgan fingerprint density at radius 2 is 1.72 bits per heavy atom. The molecular weight excluding hydrogens is 332 g/mol. The molecule has 0 heterocycles. The highest BCUT2D eigenvalue weighted by Gasteiger charge is 2.11. The van der Waals surface area contributed by atoms with Gasteiger partial charge in [0.05, 0.1) is 13.2 Å². The van der Waals surface area contributed by atoms with Crippen molar-refractivity contribution in [2.24, 2.45) is 5.92 Å². The van der Waals surface area contributed by atoms with Gasteiger partial charge in [-0.15, -0.1) is 11.6 Å². The lowest BCUT2D eigenvalue weighted by Crippen LogP contribution is -2.11. The molecule has 1 unspecified atom stereocenters. The molecule has 2 aromatic carbocycles. The molecule has 0 radical (unpaired) electrons. The van der Waals surface area contributed by atoms with Crippen LogP contribution in [0.15, 0.2) is 30.3 Å². The molecule has 0 saturated heterocycles. The summed E-state index contributed by atoms with van der Waals surface area (Å²) >= 11 is 5.76. The molecule has 0 amide bonds. The second-order valence-electron chi connectivity index (χ2n) is 6.73. The third kappa shape index (κ3) is 5.81. The lowest BCUT2D eigenvalue weighted by molar-refractivity contribution is 0.235. The lowest BCUT2D eigenvalue weighted by Gasteiger charge is -2.18. The van der Waals surface area contributed by atoms with Crippen molar-refractivity contribution in [1.82, 2.24) is 0 Å². The molecule has 138 valence electrons. The van der Waals surface area contributed by atoms with Crippen molar-refractivity contribution in [3.63, 3.8) is 0 Å². The molecule has 0 saturated carbocycles. The molecule has 1 atom stereocenters. The number of hydrogen-bond donors (Lipinski definition) is 0. The van der Waals surface area contributed by atoms with Crippen LogP contribution in [0.4, 0.5) is 0 Å². The summed E-state index contributed by atoms with van der Waals surface area (Å²) in [7, 11) is 0. The monoisotopic (exact) mass is 362 g/mol. The predicted molar refractivity (Wildman–Crippen MR) is 108 cm³/mol. The molecule has 0 N–H and O–H groups in total. The van der Waals surface area contributed by atoms with E-state index in [1.165, 1.54) is 24.8 Å². The van der Waals surface area contributed by atoms with E-state index >= 15 is 0 Å². The van der Waals surface area contributed by atoms with Crippen LogP contribution in [0.3, 0.4) is 0 Å². The van der Waals surface area contributed by atoms with Crippen LogP contribution < -0.4 is 9.47 Å². The molecule has 0 aliphatic rings. The van der Waals surface area contributed by atoms with Crippen LogP contribution in [-0.4, -0.2) is 19.1 Å². The van der Waals surface area contributed by atoms with E-state index in [-0.39, 0.29) is 0 Å². The molecule has 0 aromatic heterocycles. The topological polar surface area (TPSA) is 18.5 Å². The van der Waals surface area contributed by atoms with E-state index in [1.807, 2.05) is 12.1 Å². The molecule has 3 heteroatoms. The number of alkyl halides is 1. The van der Waals surface area contributed by atoms with E-state index in [0.29, 0.717) is 18.4 Å². The Labute approximate surface area is 157 Å². The van der Waals surface area contributed by atoms with Crippen molar-refractivity contribution in [3.05, 3.63) is 35.9 Å². The largest absolute Gasteiger partial charge is 0.493 e. The Hall–Kier alpha value is -1.41. The molecule has 0 aliphatic carbocycles. The number of aryl methyl sites for hydroxylation is 1. The van der Waals surface area contributed by atoms with Gasteiger partial charge in [0.2, 0.25) is 0 Å². The van der Waals surface area contributed by atoms with Gasteiger partial charge in [-0.1, -0.05) is 50.8 Å². The maximum absolute atomic E-state index is 6.21. The molecule has 0 aliphatic heterocycles. The predicted octanol–water partition coefficient (Wildman–Crippen LogP) is 6.75. The van der Waals surface area contributed by atoms with Gasteiger partial charge in [0.25, 0.3) is 0 Å². The third-order valence-electron chi connectivity index (χ3n) is 4.65. The Bertz CT molecular complexity index is 654. The number of rotatable bonds is 11. The SMILES string of the molecule is CCCCC(CC)COc1ccc(OCCCCl)c2cc(C)ccc12. The minimum atomic E-state index is 0.619. The highest BCUT2D eigenvalue weighted by molar-refractivity contribution is 6.17. The molecular formula is C22H31ClO2. The van der Waals surface area contributed by atoms with E-state index in [0.717, 1.165) is 41.7 Å². The van der Waals surface area contributed by atoms with Crippen LogP contribution in [0.1, 0.15) is 51.5 Å². The summed E-state index contributed by atoms with van der Waals surface area (Å²) in [6.45, 7) is 8.02. The van der Waals surface area contributed by atoms with Gasteiger partial charge < -0.3 is 9.47 Å². The first-order valence-corrected chi connectivity index (χ1v) is 10.1. The zero-order chi connectivity index (χ0) is 18.1. The summed E-state index contributed by atoms with van der Waals surface area (Å²) in [5.41, 5.74) is 1.22. The maximum atomic E-state index is 6.21. The summed E-state index contributed by atoms with van der Waals surface area (Å²) in [6.07, 6.45) is 5.77. The minimum Gasteiger partial charge on any atom is -0.493 e. The Morgan fingerprint density at radius 3 is 2.40 bits per heavy atom. The van der Waals surface area contributed by atoms with Crippen molar-refractivity contribution in [2.75, 3.05) is 19.1 Å². The fraction of sp³-hybridized carbons (Fsp3) is 0.545. The van der Waals surface area contributed by atoms with Gasteiger partial charge in [-0.2, -0.15) is 0 Å². The average Bonchev–Trinajstić information content (AvgIpc) is 2.63. The van der Waals surface area contributed by atoms with Crippen LogP contribution in [-0.2, 0) is 0 Å². The van der Waals surface area contributed by atoms with Crippen LogP contribution in [0.2, 0.25) is 0 Å². The second kappa shape index (κ2) is 10.6. The minimum absolute atomic E-state index is 0.619. The summed E-state index contributed by atoms with van der Waals surface area (Å²) in [5.74, 6) is 3.11. The van der Waals surface area contributed by atoms with Crippen LogP contribution in [0.5, 0.6) is 11.5 Å². The van der Waals surface area contributed by atoms with Crippen LogP contribution in [0, 0.1) is 12.8 Å². The quantitative estimate of drug-likeness (QED) is 0.325. The zero-order valence-corrected chi connectivity index (χ0v) is 16.6. The standard InChI is InChI=1S/C22H31ClO2/c1-4-6-8-18(5-2)16-25-21-11-12-22(24-14-7-13-23)20-15-17(3)9-10-19(20)21/h9-12,15,18H,4-8,13-14,16H2,1-3H3. The summed E-state index contributed by atoms with van der Waals surface area (Å²) in [5, 5.41) is 2.24. The molecule has 2 aromatic rings. The Balaban J connectivity index is 2.18. The number of unbranched alkanes of at least 4 members (excludes halogenated alkanes) is 1. The average molecular weight is 363 g/mol. The molecule has 0 spiro atoms. The number of fused-ring (bicyclic) bond motifs is 1. The van der Waals surface area contributed by atoms with Crippen molar-refractivity contribution in [1.29, 1.82) is 0 Å². The number of ether oxygens (including phenoxy) is 2. The summed E-state index contributed by atoms with van der Waals surface area (Å²) in [6, 6.07) is 10.5. The van der Waals surface area contributed by atoms with Crippen molar-refractivity contribution < 1.29 is 9.47 Å². The van der Waals surface area contributed by atoms with E-state index < -0.39 is 0 Å². The molecule has 2 nitrogen and oxygen atoms in total. The Morgan fingerprint density at radius 1 is 0.960 bits per heavy atom. The first-order valence-electron chi connectivity index (χ1n) is 9.54. The van der Waals surface area contributed by atoms with E-state index in [2.05, 4.69) is 39.0 Å². The summed E-state index contributed by atoms with van der Waals surface area (Å²) < 4.78 is 12.1. The fourth-order valence-corrected chi connectivity index (χ4v) is 3.11. The van der Waals surface area contributed by atoms with Crippen molar-refractivity contribution >= 4 is 22.4 Å². The van der Waals surface area contributed by atoms with E-state index in [4.69, 9.17) is 21.1 Å². The summed E-state index contributed by atoms with van der Waals surface area (Å²) in [4.78, 5) is 0. The smallest absolute Gasteiger partial charge is 0.127 e. The van der Waals surface area contributed by atoms with Gasteiger partial charge in [0.15, 0.2) is 0 Å². The highest BCUT2D eigenvalue weighted by Crippen LogP contribution is 2.34. The zero-order valence-electron chi connectivity index (χ0n) is 15.8. The second-order valence-corrected chi connectivity index (χ2v) is 7.11. The highest BCUT2D eigenvalue weighted by atomic mass is 35.5. The van der Waals surface area contributed by atoms with Gasteiger partial charge in [0.1, 0.15) is 11.5 Å². The fourth-order valence-electron chi connectivity index (χ4n) is 3.00. The number of benzene rings is 2. The van der Waals surface area contributed by atoms with Crippen molar-refractivity contribution in [2.45, 2.75) is 52.9 Å². The van der Waals surface area contributed by atoms with Gasteiger partial charge in [-0.3, -0.25) is 0 Å². The normalized spacial score (nSPS) is 12.3. The van der Waals surface area contributed by atoms with Gasteiger partial charge in [-0.25, -0.2) is 0 Å². The third-order valence-corrected chi connectivity index (χ3v) is 4.91.